The van der Waals surface area contributed by atoms with Gasteiger partial charge in [0.1, 0.15) is 9.91 Å². The Balaban J connectivity index is 1.92. The number of nitrogens with two attached hydrogens (primary N) is 1. The maximum absolute atomic E-state index is 14.5. The molecule has 2 N–H and O–H groups in total. The molecule has 4 rings (SSSR count). The highest BCUT2D eigenvalue weighted by atomic mass is 35.5. The molecule has 0 saturated heterocycles. The van der Waals surface area contributed by atoms with E-state index < -0.39 is 10.5 Å². The topological polar surface area (TPSA) is 67.9 Å². The third kappa shape index (κ3) is 5.66. The highest BCUT2D eigenvalue weighted by Gasteiger charge is 2.53. The fourth-order valence-electron chi connectivity index (χ4n) is 4.28. The Labute approximate surface area is 240 Å². The number of halogens is 4. The number of benzene rings is 3. The van der Waals surface area contributed by atoms with Crippen LogP contribution in [0.4, 0.5) is 0 Å². The summed E-state index contributed by atoms with van der Waals surface area (Å²) in [6.07, 6.45) is 1.19. The van der Waals surface area contributed by atoms with Crippen LogP contribution in [0.2, 0.25) is 20.1 Å². The minimum atomic E-state index is -1.44. The first-order valence-corrected chi connectivity index (χ1v) is 13.8. The van der Waals surface area contributed by atoms with Gasteiger partial charge in [0.15, 0.2) is 5.60 Å². The van der Waals surface area contributed by atoms with Crippen molar-refractivity contribution in [1.29, 1.82) is 0 Å². The average molecular weight is 597 g/mol. The summed E-state index contributed by atoms with van der Waals surface area (Å²) in [7, 11) is 1.47. The molecule has 5 nitrogen and oxygen atoms in total. The van der Waals surface area contributed by atoms with Crippen LogP contribution in [0.1, 0.15) is 36.5 Å². The fraction of sp³-hybridized carbons (Fsp3) is 0.259. The highest BCUT2D eigenvalue weighted by Crippen LogP contribution is 2.52. The molecule has 3 aromatic carbocycles. The number of nitrogens with zero attached hydrogens (tertiary/aromatic N) is 2. The Hall–Kier alpha value is -1.77. The lowest BCUT2D eigenvalue weighted by atomic mass is 9.92. The zero-order chi connectivity index (χ0) is 26.8. The first kappa shape index (κ1) is 28.2. The van der Waals surface area contributed by atoms with E-state index >= 15 is 0 Å². The standard InChI is InChI=1S/C27H25Cl4N3O2S/c1-26(36-2,19-13-22(30)16-23(31)14-19)25(35)34-27(9-6-10-32,18-7-4-3-5-8-18)37-24(33-34)17-11-20(28)15-21(29)12-17/h3-5,7-8,11-16H,6,9-10,32H2,1-2H3/t26-,27?/m0/s1. The second-order valence-electron chi connectivity index (χ2n) is 8.72. The van der Waals surface area contributed by atoms with Crippen molar-refractivity contribution in [1.82, 2.24) is 5.01 Å². The number of hydrogen-bond acceptors (Lipinski definition) is 5. The normalized spacial score (nSPS) is 19.0. The summed E-state index contributed by atoms with van der Waals surface area (Å²) in [5, 5.41) is 8.70. The van der Waals surface area contributed by atoms with Crippen LogP contribution >= 0.6 is 58.2 Å². The van der Waals surface area contributed by atoms with Crippen molar-refractivity contribution in [3.8, 4) is 0 Å². The Morgan fingerprint density at radius 3 is 2.11 bits per heavy atom. The molecule has 0 aromatic heterocycles. The molecule has 1 heterocycles. The zero-order valence-corrected chi connectivity index (χ0v) is 24.0. The molecule has 1 aliphatic heterocycles. The lowest BCUT2D eigenvalue weighted by molar-refractivity contribution is -0.158. The summed E-state index contributed by atoms with van der Waals surface area (Å²) < 4.78 is 5.87. The van der Waals surface area contributed by atoms with Gasteiger partial charge in [-0.05, 0) is 73.8 Å². The Kier molecular flexibility index (Phi) is 8.81. The summed E-state index contributed by atoms with van der Waals surface area (Å²) >= 11 is 26.7. The maximum Gasteiger partial charge on any atom is 0.280 e. The zero-order valence-electron chi connectivity index (χ0n) is 20.2. The number of carbonyl (C=O) groups is 1. The molecule has 1 amide bonds. The maximum atomic E-state index is 14.5. The monoisotopic (exact) mass is 595 g/mol. The molecule has 10 heteroatoms. The van der Waals surface area contributed by atoms with Crippen LogP contribution in [0.15, 0.2) is 71.8 Å². The first-order chi connectivity index (χ1) is 17.6. The van der Waals surface area contributed by atoms with E-state index in [-0.39, 0.29) is 5.91 Å². The van der Waals surface area contributed by atoms with Crippen molar-refractivity contribution in [3.63, 3.8) is 0 Å². The van der Waals surface area contributed by atoms with Crippen LogP contribution in [-0.4, -0.2) is 29.6 Å². The van der Waals surface area contributed by atoms with Gasteiger partial charge in [-0.25, -0.2) is 5.01 Å². The second-order valence-corrected chi connectivity index (χ2v) is 11.7. The van der Waals surface area contributed by atoms with Crippen LogP contribution in [-0.2, 0) is 20.0 Å². The van der Waals surface area contributed by atoms with Crippen molar-refractivity contribution >= 4 is 69.1 Å². The lowest BCUT2D eigenvalue weighted by Crippen LogP contribution is -2.50. The number of carbonyl (C=O) groups excluding carboxylic acids is 1. The third-order valence-corrected chi connectivity index (χ3v) is 8.61. The molecule has 37 heavy (non-hydrogen) atoms. The van der Waals surface area contributed by atoms with Crippen LogP contribution < -0.4 is 5.73 Å². The van der Waals surface area contributed by atoms with Gasteiger partial charge >= 0.3 is 0 Å². The molecule has 1 aliphatic rings. The number of methoxy groups -OCH3 is 1. The van der Waals surface area contributed by atoms with Gasteiger partial charge in [-0.3, -0.25) is 4.79 Å². The van der Waals surface area contributed by atoms with Gasteiger partial charge in [0.2, 0.25) is 0 Å². The van der Waals surface area contributed by atoms with Gasteiger partial charge in [-0.1, -0.05) is 88.5 Å². The van der Waals surface area contributed by atoms with E-state index in [1.54, 1.807) is 43.3 Å². The summed E-state index contributed by atoms with van der Waals surface area (Å²) in [6, 6.07) is 19.9. The minimum Gasteiger partial charge on any atom is -0.364 e. The van der Waals surface area contributed by atoms with E-state index in [9.17, 15) is 4.79 Å². The molecule has 0 bridgehead atoms. The van der Waals surface area contributed by atoms with Gasteiger partial charge in [-0.15, -0.1) is 0 Å². The molecule has 194 valence electrons. The van der Waals surface area contributed by atoms with E-state index in [0.717, 1.165) is 5.56 Å². The summed E-state index contributed by atoms with van der Waals surface area (Å²) in [5.74, 6) is -0.384. The Morgan fingerprint density at radius 1 is 1.00 bits per heavy atom. The largest absolute Gasteiger partial charge is 0.364 e. The van der Waals surface area contributed by atoms with Gasteiger partial charge in [0.25, 0.3) is 5.91 Å². The summed E-state index contributed by atoms with van der Waals surface area (Å²) in [5.41, 5.74) is 6.62. The van der Waals surface area contributed by atoms with E-state index in [4.69, 9.17) is 62.0 Å². The number of thioether (sulfide) groups is 1. The molecule has 2 atom stereocenters. The SMILES string of the molecule is CO[C@](C)(C(=O)N1N=C(c2cc(Cl)cc(Cl)c2)SC1(CCCN)c1ccccc1)c1cc(Cl)cc(Cl)c1. The van der Waals surface area contributed by atoms with E-state index in [0.29, 0.717) is 55.6 Å². The number of amides is 1. The minimum absolute atomic E-state index is 0.384. The first-order valence-electron chi connectivity index (χ1n) is 11.5. The predicted octanol–water partition coefficient (Wildman–Crippen LogP) is 7.69. The van der Waals surface area contributed by atoms with E-state index in [1.165, 1.54) is 23.9 Å². The highest BCUT2D eigenvalue weighted by molar-refractivity contribution is 8.15. The van der Waals surface area contributed by atoms with Crippen molar-refractivity contribution in [2.24, 2.45) is 10.8 Å². The Bertz CT molecular complexity index is 1300. The third-order valence-electron chi connectivity index (χ3n) is 6.27. The van der Waals surface area contributed by atoms with E-state index in [2.05, 4.69) is 0 Å². The number of hydrazone groups is 1. The lowest BCUT2D eigenvalue weighted by Gasteiger charge is -2.40. The number of hydrogen-bond donors (Lipinski definition) is 1. The van der Waals surface area contributed by atoms with E-state index in [1.807, 2.05) is 30.3 Å². The molecule has 0 saturated carbocycles. The quantitative estimate of drug-likeness (QED) is 0.289. The fourth-order valence-corrected chi connectivity index (χ4v) is 6.72. The van der Waals surface area contributed by atoms with Gasteiger partial charge in [-0.2, -0.15) is 5.10 Å². The van der Waals surface area contributed by atoms with Gasteiger partial charge in [0, 0.05) is 32.8 Å². The average Bonchev–Trinajstić information content (AvgIpc) is 3.26. The molecule has 0 radical (unpaired) electrons. The van der Waals surface area contributed by atoms with Crippen LogP contribution in [0.25, 0.3) is 0 Å². The Morgan fingerprint density at radius 2 is 1.57 bits per heavy atom. The van der Waals surface area contributed by atoms with Crippen molar-refractivity contribution in [2.45, 2.75) is 30.2 Å². The molecular formula is C27H25Cl4N3O2S. The van der Waals surface area contributed by atoms with Crippen LogP contribution in [0.5, 0.6) is 0 Å². The molecule has 3 aromatic rings. The summed E-state index contributed by atoms with van der Waals surface area (Å²) in [6.45, 7) is 2.13. The molecule has 0 spiro atoms. The smallest absolute Gasteiger partial charge is 0.280 e. The second kappa shape index (κ2) is 11.5. The van der Waals surface area contributed by atoms with Crippen LogP contribution in [0, 0.1) is 0 Å². The van der Waals surface area contributed by atoms with Gasteiger partial charge in [0.05, 0.1) is 0 Å². The van der Waals surface area contributed by atoms with Gasteiger partial charge < -0.3 is 10.5 Å². The van der Waals surface area contributed by atoms with Crippen LogP contribution in [0.3, 0.4) is 0 Å². The number of rotatable bonds is 8. The predicted molar refractivity (Wildman–Crippen MR) is 155 cm³/mol. The molecular weight excluding hydrogens is 572 g/mol. The molecule has 0 fully saturated rings. The van der Waals surface area contributed by atoms with Crippen molar-refractivity contribution in [3.05, 3.63) is 104 Å². The molecule has 0 aliphatic carbocycles. The summed E-state index contributed by atoms with van der Waals surface area (Å²) in [4.78, 5) is 13.6. The van der Waals surface area contributed by atoms with Crippen molar-refractivity contribution < 1.29 is 9.53 Å². The molecule has 1 unspecified atom stereocenters. The number of ether oxygens (including phenoxy) is 1. The van der Waals surface area contributed by atoms with Crippen molar-refractivity contribution in [2.75, 3.05) is 13.7 Å².